The highest BCUT2D eigenvalue weighted by Crippen LogP contribution is 2.07. The van der Waals surface area contributed by atoms with Crippen LogP contribution in [0.2, 0.25) is 0 Å². The Labute approximate surface area is 103 Å². The molecule has 0 spiro atoms. The van der Waals surface area contributed by atoms with E-state index < -0.39 is 0 Å². The van der Waals surface area contributed by atoms with Crippen LogP contribution in [0.1, 0.15) is 24.5 Å². The molecule has 1 rings (SSSR count). The maximum Gasteiger partial charge on any atom is 0.306 e. The normalized spacial score (nSPS) is 10.6. The van der Waals surface area contributed by atoms with Crippen molar-refractivity contribution in [2.45, 2.75) is 26.3 Å². The van der Waals surface area contributed by atoms with E-state index in [1.807, 2.05) is 7.05 Å². The zero-order valence-electron chi connectivity index (χ0n) is 10.9. The highest BCUT2D eigenvalue weighted by atomic mass is 16.5. The molecule has 0 N–H and O–H groups in total. The van der Waals surface area contributed by atoms with Crippen LogP contribution in [-0.4, -0.2) is 31.6 Å². The van der Waals surface area contributed by atoms with Crippen LogP contribution in [0, 0.1) is 0 Å². The van der Waals surface area contributed by atoms with Gasteiger partial charge in [0.2, 0.25) is 0 Å². The Balaban J connectivity index is 2.39. The SMILES string of the molecule is CCc1ccc(CN(C)CCC(=O)OC)cc1. The molecule has 3 nitrogen and oxygen atoms in total. The van der Waals surface area contributed by atoms with Gasteiger partial charge in [-0.15, -0.1) is 0 Å². The molecule has 0 aliphatic carbocycles. The fraction of sp³-hybridized carbons (Fsp3) is 0.500. The fourth-order valence-electron chi connectivity index (χ4n) is 1.66. The smallest absolute Gasteiger partial charge is 0.306 e. The minimum absolute atomic E-state index is 0.154. The van der Waals surface area contributed by atoms with Gasteiger partial charge in [0.05, 0.1) is 13.5 Å². The second-order valence-electron chi connectivity index (χ2n) is 4.23. The molecule has 1 aromatic carbocycles. The molecular formula is C14H21NO2. The molecule has 0 aliphatic rings. The Hall–Kier alpha value is -1.35. The second kappa shape index (κ2) is 7.07. The lowest BCUT2D eigenvalue weighted by Gasteiger charge is -2.16. The van der Waals surface area contributed by atoms with Gasteiger partial charge in [0.1, 0.15) is 0 Å². The molecule has 3 heteroatoms. The summed E-state index contributed by atoms with van der Waals surface area (Å²) in [6.07, 6.45) is 1.51. The number of carbonyl (C=O) groups excluding carboxylic acids is 1. The van der Waals surface area contributed by atoms with E-state index in [0.717, 1.165) is 19.5 Å². The number of carbonyl (C=O) groups is 1. The molecule has 0 amide bonds. The molecule has 0 heterocycles. The predicted octanol–water partition coefficient (Wildman–Crippen LogP) is 2.24. The lowest BCUT2D eigenvalue weighted by Crippen LogP contribution is -2.21. The molecule has 94 valence electrons. The third-order valence-electron chi connectivity index (χ3n) is 2.81. The predicted molar refractivity (Wildman–Crippen MR) is 68.8 cm³/mol. The fourth-order valence-corrected chi connectivity index (χ4v) is 1.66. The molecule has 0 aromatic heterocycles. The number of aryl methyl sites for hydroxylation is 1. The third-order valence-corrected chi connectivity index (χ3v) is 2.81. The van der Waals surface area contributed by atoms with Crippen molar-refractivity contribution < 1.29 is 9.53 Å². The second-order valence-corrected chi connectivity index (χ2v) is 4.23. The van der Waals surface area contributed by atoms with Crippen LogP contribution in [0.25, 0.3) is 0 Å². The lowest BCUT2D eigenvalue weighted by molar-refractivity contribution is -0.140. The summed E-state index contributed by atoms with van der Waals surface area (Å²) in [5.41, 5.74) is 2.63. The summed E-state index contributed by atoms with van der Waals surface area (Å²) in [5.74, 6) is -0.154. The molecule has 0 atom stereocenters. The van der Waals surface area contributed by atoms with E-state index in [1.165, 1.54) is 18.2 Å². The average molecular weight is 235 g/mol. The molecule has 0 unspecified atom stereocenters. The van der Waals surface area contributed by atoms with Crippen molar-refractivity contribution >= 4 is 5.97 Å². The molecule has 0 aliphatic heterocycles. The minimum Gasteiger partial charge on any atom is -0.469 e. The first-order valence-electron chi connectivity index (χ1n) is 5.99. The van der Waals surface area contributed by atoms with E-state index in [9.17, 15) is 4.79 Å². The first-order valence-corrected chi connectivity index (χ1v) is 5.99. The molecule has 0 bridgehead atoms. The van der Waals surface area contributed by atoms with Crippen molar-refractivity contribution in [3.63, 3.8) is 0 Å². The molecule has 0 fully saturated rings. The Kier molecular flexibility index (Phi) is 5.70. The van der Waals surface area contributed by atoms with Crippen molar-refractivity contribution in [1.29, 1.82) is 0 Å². The van der Waals surface area contributed by atoms with Crippen molar-refractivity contribution in [2.75, 3.05) is 20.7 Å². The third kappa shape index (κ3) is 5.00. The monoisotopic (exact) mass is 235 g/mol. The van der Waals surface area contributed by atoms with Gasteiger partial charge in [-0.05, 0) is 24.6 Å². The number of hydrogen-bond acceptors (Lipinski definition) is 3. The van der Waals surface area contributed by atoms with Crippen molar-refractivity contribution in [1.82, 2.24) is 4.90 Å². The Bertz CT molecular complexity index is 346. The zero-order valence-corrected chi connectivity index (χ0v) is 10.9. The molecule has 0 saturated carbocycles. The number of rotatable bonds is 6. The lowest BCUT2D eigenvalue weighted by atomic mass is 10.1. The number of methoxy groups -OCH3 is 1. The van der Waals surface area contributed by atoms with Gasteiger partial charge in [-0.2, -0.15) is 0 Å². The quantitative estimate of drug-likeness (QED) is 0.708. The number of esters is 1. The molecule has 0 saturated heterocycles. The van der Waals surface area contributed by atoms with E-state index >= 15 is 0 Å². The maximum absolute atomic E-state index is 11.0. The number of nitrogens with zero attached hydrogens (tertiary/aromatic N) is 1. The largest absolute Gasteiger partial charge is 0.469 e. The Morgan fingerprint density at radius 2 is 1.82 bits per heavy atom. The average Bonchev–Trinajstić information content (AvgIpc) is 2.36. The van der Waals surface area contributed by atoms with Crippen molar-refractivity contribution in [2.24, 2.45) is 0 Å². The van der Waals surface area contributed by atoms with E-state index in [2.05, 4.69) is 40.8 Å². The van der Waals surface area contributed by atoms with Gasteiger partial charge in [-0.25, -0.2) is 0 Å². The van der Waals surface area contributed by atoms with Gasteiger partial charge < -0.3 is 9.64 Å². The molecule has 1 aromatic rings. The van der Waals surface area contributed by atoms with Gasteiger partial charge in [-0.1, -0.05) is 31.2 Å². The Morgan fingerprint density at radius 1 is 1.24 bits per heavy atom. The number of ether oxygens (including phenoxy) is 1. The van der Waals surface area contributed by atoms with Crippen LogP contribution in [0.15, 0.2) is 24.3 Å². The summed E-state index contributed by atoms with van der Waals surface area (Å²) in [4.78, 5) is 13.1. The molecule has 17 heavy (non-hydrogen) atoms. The first-order chi connectivity index (χ1) is 8.15. The van der Waals surface area contributed by atoms with Crippen LogP contribution in [-0.2, 0) is 22.5 Å². The van der Waals surface area contributed by atoms with Crippen LogP contribution in [0.5, 0.6) is 0 Å². The topological polar surface area (TPSA) is 29.5 Å². The van der Waals surface area contributed by atoms with Crippen LogP contribution < -0.4 is 0 Å². The maximum atomic E-state index is 11.0. The van der Waals surface area contributed by atoms with Gasteiger partial charge in [0.25, 0.3) is 0 Å². The van der Waals surface area contributed by atoms with Crippen molar-refractivity contribution in [3.8, 4) is 0 Å². The summed E-state index contributed by atoms with van der Waals surface area (Å²) in [5, 5.41) is 0. The van der Waals surface area contributed by atoms with Crippen LogP contribution >= 0.6 is 0 Å². The number of benzene rings is 1. The van der Waals surface area contributed by atoms with Crippen molar-refractivity contribution in [3.05, 3.63) is 35.4 Å². The van der Waals surface area contributed by atoms with Crippen LogP contribution in [0.4, 0.5) is 0 Å². The summed E-state index contributed by atoms with van der Waals surface area (Å²) in [7, 11) is 3.43. The Morgan fingerprint density at radius 3 is 2.35 bits per heavy atom. The first kappa shape index (κ1) is 13.7. The minimum atomic E-state index is -0.154. The van der Waals surface area contributed by atoms with E-state index in [-0.39, 0.29) is 5.97 Å². The summed E-state index contributed by atoms with van der Waals surface area (Å²) >= 11 is 0. The van der Waals surface area contributed by atoms with E-state index in [4.69, 9.17) is 0 Å². The van der Waals surface area contributed by atoms with Crippen LogP contribution in [0.3, 0.4) is 0 Å². The highest BCUT2D eigenvalue weighted by Gasteiger charge is 2.04. The number of hydrogen-bond donors (Lipinski definition) is 0. The van der Waals surface area contributed by atoms with E-state index in [0.29, 0.717) is 6.42 Å². The zero-order chi connectivity index (χ0) is 12.7. The van der Waals surface area contributed by atoms with Gasteiger partial charge in [-0.3, -0.25) is 4.79 Å². The molecular weight excluding hydrogens is 214 g/mol. The summed E-state index contributed by atoms with van der Waals surface area (Å²) in [6, 6.07) is 8.61. The summed E-state index contributed by atoms with van der Waals surface area (Å²) in [6.45, 7) is 3.74. The standard InChI is InChI=1S/C14H21NO2/c1-4-12-5-7-13(8-6-12)11-15(2)10-9-14(16)17-3/h5-8H,4,9-11H2,1-3H3. The highest BCUT2D eigenvalue weighted by molar-refractivity contribution is 5.69. The molecule has 0 radical (unpaired) electrons. The van der Waals surface area contributed by atoms with Gasteiger partial charge in [0.15, 0.2) is 0 Å². The van der Waals surface area contributed by atoms with Gasteiger partial charge >= 0.3 is 5.97 Å². The van der Waals surface area contributed by atoms with E-state index in [1.54, 1.807) is 0 Å². The summed E-state index contributed by atoms with van der Waals surface area (Å²) < 4.78 is 4.62. The van der Waals surface area contributed by atoms with Gasteiger partial charge in [0, 0.05) is 13.1 Å².